The molecule has 3 unspecified atom stereocenters. The number of ether oxygens (including phenoxy) is 2. The maximum atomic E-state index is 5.97. The molecule has 2 rings (SSSR count). The average Bonchev–Trinajstić information content (AvgIpc) is 2.28. The van der Waals surface area contributed by atoms with Crippen molar-refractivity contribution in [2.24, 2.45) is 5.92 Å². The van der Waals surface area contributed by atoms with Crippen molar-refractivity contribution in [2.45, 2.75) is 56.8 Å². The van der Waals surface area contributed by atoms with Gasteiger partial charge in [0.25, 0.3) is 0 Å². The molecule has 0 aromatic rings. The second-order valence-corrected chi connectivity index (χ2v) is 5.39. The van der Waals surface area contributed by atoms with Gasteiger partial charge in [-0.2, -0.15) is 0 Å². The molecule has 0 radical (unpaired) electrons. The van der Waals surface area contributed by atoms with Crippen LogP contribution in [0.15, 0.2) is 0 Å². The molecular formula is C13H25NO2. The van der Waals surface area contributed by atoms with Crippen LogP contribution in [0, 0.1) is 5.92 Å². The Morgan fingerprint density at radius 2 is 2.19 bits per heavy atom. The van der Waals surface area contributed by atoms with Crippen molar-refractivity contribution >= 4 is 0 Å². The predicted octanol–water partition coefficient (Wildman–Crippen LogP) is 1.96. The van der Waals surface area contributed by atoms with Gasteiger partial charge in [0.05, 0.1) is 11.7 Å². The Balaban J connectivity index is 1.96. The Morgan fingerprint density at radius 1 is 1.44 bits per heavy atom. The normalized spacial score (nSPS) is 32.1. The molecule has 0 aromatic carbocycles. The smallest absolute Gasteiger partial charge is 0.0698 e. The van der Waals surface area contributed by atoms with Gasteiger partial charge < -0.3 is 14.8 Å². The van der Waals surface area contributed by atoms with Crippen molar-refractivity contribution in [3.05, 3.63) is 0 Å². The molecule has 1 N–H and O–H groups in total. The van der Waals surface area contributed by atoms with Gasteiger partial charge in [0.2, 0.25) is 0 Å². The maximum absolute atomic E-state index is 5.97. The first-order valence-corrected chi connectivity index (χ1v) is 6.55. The number of methoxy groups -OCH3 is 1. The van der Waals surface area contributed by atoms with Crippen molar-refractivity contribution in [1.82, 2.24) is 5.32 Å². The summed E-state index contributed by atoms with van der Waals surface area (Å²) in [5, 5.41) is 3.43. The fourth-order valence-corrected chi connectivity index (χ4v) is 3.29. The van der Waals surface area contributed by atoms with E-state index in [0.29, 0.717) is 12.0 Å². The van der Waals surface area contributed by atoms with Crippen LogP contribution in [0.2, 0.25) is 0 Å². The average molecular weight is 227 g/mol. The van der Waals surface area contributed by atoms with Crippen LogP contribution in [0.1, 0.15) is 39.0 Å². The van der Waals surface area contributed by atoms with E-state index in [4.69, 9.17) is 9.47 Å². The van der Waals surface area contributed by atoms with Crippen molar-refractivity contribution < 1.29 is 9.47 Å². The summed E-state index contributed by atoms with van der Waals surface area (Å²) in [6.07, 6.45) is 6.54. The Labute approximate surface area is 98.9 Å². The van der Waals surface area contributed by atoms with Crippen LogP contribution in [-0.2, 0) is 9.47 Å². The van der Waals surface area contributed by atoms with E-state index in [2.05, 4.69) is 12.2 Å². The highest BCUT2D eigenvalue weighted by Gasteiger charge is 2.44. The van der Waals surface area contributed by atoms with Crippen LogP contribution >= 0.6 is 0 Å². The van der Waals surface area contributed by atoms with E-state index in [1.807, 2.05) is 7.05 Å². The molecule has 1 spiro atoms. The second kappa shape index (κ2) is 5.03. The van der Waals surface area contributed by atoms with E-state index in [1.165, 1.54) is 32.1 Å². The van der Waals surface area contributed by atoms with E-state index in [-0.39, 0.29) is 11.7 Å². The van der Waals surface area contributed by atoms with Crippen LogP contribution in [-0.4, -0.2) is 38.5 Å². The van der Waals surface area contributed by atoms with Gasteiger partial charge in [0, 0.05) is 19.8 Å². The number of likely N-dealkylation sites (N-methyl/N-ethyl adjacent to an activating group) is 1. The van der Waals surface area contributed by atoms with Crippen LogP contribution in [0.5, 0.6) is 0 Å². The van der Waals surface area contributed by atoms with Crippen molar-refractivity contribution in [2.75, 3.05) is 20.8 Å². The molecule has 16 heavy (non-hydrogen) atoms. The molecule has 1 aliphatic carbocycles. The van der Waals surface area contributed by atoms with Gasteiger partial charge >= 0.3 is 0 Å². The SMILES string of the molecule is CNC(C1CCOC2(CCC2)C1)C(C)OC. The summed E-state index contributed by atoms with van der Waals surface area (Å²) in [4.78, 5) is 0. The molecule has 0 aromatic heterocycles. The topological polar surface area (TPSA) is 30.5 Å². The third-order valence-corrected chi connectivity index (χ3v) is 4.51. The molecule has 3 nitrogen and oxygen atoms in total. The largest absolute Gasteiger partial charge is 0.380 e. The number of hydrogen-bond donors (Lipinski definition) is 1. The molecule has 0 bridgehead atoms. The van der Waals surface area contributed by atoms with Gasteiger partial charge in [-0.3, -0.25) is 0 Å². The molecule has 0 amide bonds. The van der Waals surface area contributed by atoms with Crippen LogP contribution < -0.4 is 5.32 Å². The van der Waals surface area contributed by atoms with Crippen LogP contribution in [0.25, 0.3) is 0 Å². The summed E-state index contributed by atoms with van der Waals surface area (Å²) in [7, 11) is 3.84. The standard InChI is InChI=1S/C13H25NO2/c1-10(15-3)12(14-2)11-5-8-16-13(9-11)6-4-7-13/h10-12,14H,4-9H2,1-3H3. The van der Waals surface area contributed by atoms with Gasteiger partial charge in [0.1, 0.15) is 0 Å². The first-order valence-electron chi connectivity index (χ1n) is 6.55. The molecular weight excluding hydrogens is 202 g/mol. The molecule has 1 heterocycles. The highest BCUT2D eigenvalue weighted by atomic mass is 16.5. The maximum Gasteiger partial charge on any atom is 0.0698 e. The number of rotatable bonds is 4. The van der Waals surface area contributed by atoms with Gasteiger partial charge in [-0.05, 0) is 52.0 Å². The molecule has 3 heteroatoms. The van der Waals surface area contributed by atoms with E-state index >= 15 is 0 Å². The second-order valence-electron chi connectivity index (χ2n) is 5.39. The molecule has 3 atom stereocenters. The summed E-state index contributed by atoms with van der Waals surface area (Å²) in [5.41, 5.74) is 0.242. The lowest BCUT2D eigenvalue weighted by molar-refractivity contribution is -0.151. The molecule has 2 aliphatic rings. The van der Waals surface area contributed by atoms with E-state index in [0.717, 1.165) is 6.61 Å². The fraction of sp³-hybridized carbons (Fsp3) is 1.00. The summed E-state index contributed by atoms with van der Waals surface area (Å²) < 4.78 is 11.4. The predicted molar refractivity (Wildman–Crippen MR) is 64.6 cm³/mol. The zero-order valence-electron chi connectivity index (χ0n) is 10.8. The highest BCUT2D eigenvalue weighted by molar-refractivity contribution is 4.97. The van der Waals surface area contributed by atoms with E-state index in [1.54, 1.807) is 7.11 Å². The lowest BCUT2D eigenvalue weighted by Gasteiger charge is -2.49. The first kappa shape index (κ1) is 12.3. The number of hydrogen-bond acceptors (Lipinski definition) is 3. The van der Waals surface area contributed by atoms with Crippen molar-refractivity contribution in [3.8, 4) is 0 Å². The van der Waals surface area contributed by atoms with Crippen molar-refractivity contribution in [1.29, 1.82) is 0 Å². The fourth-order valence-electron chi connectivity index (χ4n) is 3.29. The van der Waals surface area contributed by atoms with Crippen LogP contribution in [0.3, 0.4) is 0 Å². The molecule has 94 valence electrons. The molecule has 1 saturated heterocycles. The third kappa shape index (κ3) is 2.27. The molecule has 1 saturated carbocycles. The lowest BCUT2D eigenvalue weighted by Crippen LogP contribution is -2.52. The summed E-state index contributed by atoms with van der Waals surface area (Å²) in [5.74, 6) is 0.703. The Bertz CT molecular complexity index is 228. The van der Waals surface area contributed by atoms with Gasteiger partial charge in [-0.25, -0.2) is 0 Å². The minimum atomic E-state index is 0.242. The minimum absolute atomic E-state index is 0.242. The summed E-state index contributed by atoms with van der Waals surface area (Å²) >= 11 is 0. The monoisotopic (exact) mass is 227 g/mol. The van der Waals surface area contributed by atoms with Gasteiger partial charge in [-0.1, -0.05) is 0 Å². The first-order chi connectivity index (χ1) is 7.71. The van der Waals surface area contributed by atoms with Gasteiger partial charge in [-0.15, -0.1) is 0 Å². The minimum Gasteiger partial charge on any atom is -0.380 e. The quantitative estimate of drug-likeness (QED) is 0.796. The Morgan fingerprint density at radius 3 is 2.69 bits per heavy atom. The molecule has 1 aliphatic heterocycles. The highest BCUT2D eigenvalue weighted by Crippen LogP contribution is 2.45. The Kier molecular flexibility index (Phi) is 3.88. The zero-order valence-corrected chi connectivity index (χ0v) is 10.8. The van der Waals surface area contributed by atoms with Crippen molar-refractivity contribution in [3.63, 3.8) is 0 Å². The van der Waals surface area contributed by atoms with Crippen LogP contribution in [0.4, 0.5) is 0 Å². The number of nitrogens with one attached hydrogen (secondary N) is 1. The third-order valence-electron chi connectivity index (χ3n) is 4.51. The summed E-state index contributed by atoms with van der Waals surface area (Å²) in [6.45, 7) is 3.09. The van der Waals surface area contributed by atoms with Gasteiger partial charge in [0.15, 0.2) is 0 Å². The summed E-state index contributed by atoms with van der Waals surface area (Å²) in [6, 6.07) is 0.464. The van der Waals surface area contributed by atoms with E-state index < -0.39 is 0 Å². The Hall–Kier alpha value is -0.120. The van der Waals surface area contributed by atoms with E-state index in [9.17, 15) is 0 Å². The zero-order chi connectivity index (χ0) is 11.6. The lowest BCUT2D eigenvalue weighted by atomic mass is 9.70. The molecule has 2 fully saturated rings.